The van der Waals surface area contributed by atoms with E-state index in [1.165, 1.54) is 38.9 Å². The van der Waals surface area contributed by atoms with Crippen LogP contribution in [0.2, 0.25) is 0 Å². The minimum Gasteiger partial charge on any atom is -0.392 e. The van der Waals surface area contributed by atoms with E-state index in [9.17, 15) is 5.11 Å². The highest BCUT2D eigenvalue weighted by atomic mass is 16.3. The molecule has 2 rings (SSSR count). The van der Waals surface area contributed by atoms with E-state index in [0.717, 1.165) is 11.3 Å². The summed E-state index contributed by atoms with van der Waals surface area (Å²) in [6.07, 6.45) is 3.84. The van der Waals surface area contributed by atoms with Gasteiger partial charge in [-0.1, -0.05) is 25.1 Å². The Hall–Kier alpha value is -1.06. The van der Waals surface area contributed by atoms with Crippen molar-refractivity contribution in [3.63, 3.8) is 0 Å². The highest BCUT2D eigenvalue weighted by Crippen LogP contribution is 2.24. The number of nitrogens with zero attached hydrogens (tertiary/aromatic N) is 1. The molecule has 0 radical (unpaired) electrons. The smallest absolute Gasteiger partial charge is 0.0701 e. The zero-order chi connectivity index (χ0) is 14.4. The Morgan fingerprint density at radius 1 is 1.40 bits per heavy atom. The highest BCUT2D eigenvalue weighted by Gasteiger charge is 2.24. The summed E-state index contributed by atoms with van der Waals surface area (Å²) in [5.41, 5.74) is 2.07. The van der Waals surface area contributed by atoms with Crippen LogP contribution in [0.3, 0.4) is 0 Å². The average molecular weight is 276 g/mol. The molecule has 3 nitrogen and oxygen atoms in total. The molecule has 0 saturated carbocycles. The van der Waals surface area contributed by atoms with Gasteiger partial charge in [0.15, 0.2) is 0 Å². The van der Waals surface area contributed by atoms with Crippen LogP contribution in [0, 0.1) is 5.92 Å². The Morgan fingerprint density at radius 3 is 2.95 bits per heavy atom. The second-order valence-electron chi connectivity index (χ2n) is 5.95. The van der Waals surface area contributed by atoms with Crippen LogP contribution in [0.1, 0.15) is 38.7 Å². The van der Waals surface area contributed by atoms with Gasteiger partial charge in [-0.25, -0.2) is 0 Å². The predicted octanol–water partition coefficient (Wildman–Crippen LogP) is 3.10. The number of benzene rings is 1. The molecule has 2 unspecified atom stereocenters. The maximum Gasteiger partial charge on any atom is 0.0701 e. The summed E-state index contributed by atoms with van der Waals surface area (Å²) < 4.78 is 0. The third-order valence-corrected chi connectivity index (χ3v) is 4.36. The van der Waals surface area contributed by atoms with E-state index in [2.05, 4.69) is 30.1 Å². The Morgan fingerprint density at radius 2 is 2.20 bits per heavy atom. The van der Waals surface area contributed by atoms with Gasteiger partial charge in [0, 0.05) is 23.8 Å². The fraction of sp³-hybridized carbons (Fsp3) is 0.647. The van der Waals surface area contributed by atoms with Crippen LogP contribution in [0.4, 0.5) is 5.69 Å². The van der Waals surface area contributed by atoms with E-state index in [-0.39, 0.29) is 6.61 Å². The summed E-state index contributed by atoms with van der Waals surface area (Å²) >= 11 is 0. The lowest BCUT2D eigenvalue weighted by molar-refractivity contribution is 0.165. The number of hydrogen-bond acceptors (Lipinski definition) is 3. The normalized spacial score (nSPS) is 21.6. The van der Waals surface area contributed by atoms with Crippen molar-refractivity contribution >= 4 is 5.69 Å². The number of piperidine rings is 1. The first kappa shape index (κ1) is 15.3. The van der Waals surface area contributed by atoms with Gasteiger partial charge in [0.25, 0.3) is 0 Å². The Kier molecular flexibility index (Phi) is 5.86. The standard InChI is InChI=1S/C17H28N2O/c1-3-10-19-11-6-8-15(12-19)14(2)18-17-9-5-4-7-16(17)13-20/h4-5,7,9,14-15,18,20H,3,6,8,10-13H2,1-2H3. The SMILES string of the molecule is CCCN1CCCC(C(C)Nc2ccccc2CO)C1. The first-order valence-electron chi connectivity index (χ1n) is 7.92. The summed E-state index contributed by atoms with van der Waals surface area (Å²) in [6, 6.07) is 8.50. The summed E-state index contributed by atoms with van der Waals surface area (Å²) in [5.74, 6) is 0.696. The van der Waals surface area contributed by atoms with E-state index < -0.39 is 0 Å². The molecule has 0 amide bonds. The molecule has 0 spiro atoms. The molecule has 0 aliphatic carbocycles. The zero-order valence-corrected chi connectivity index (χ0v) is 12.8. The number of aliphatic hydroxyl groups excluding tert-OH is 1. The molecule has 112 valence electrons. The van der Waals surface area contributed by atoms with Gasteiger partial charge < -0.3 is 15.3 Å². The van der Waals surface area contributed by atoms with E-state index in [4.69, 9.17) is 0 Å². The summed E-state index contributed by atoms with van der Waals surface area (Å²) in [6.45, 7) is 8.30. The summed E-state index contributed by atoms with van der Waals surface area (Å²) in [4.78, 5) is 2.59. The fourth-order valence-corrected chi connectivity index (χ4v) is 3.18. The Bertz CT molecular complexity index is 406. The van der Waals surface area contributed by atoms with Gasteiger partial charge in [0.05, 0.1) is 6.61 Å². The van der Waals surface area contributed by atoms with Gasteiger partial charge in [-0.05, 0) is 51.3 Å². The van der Waals surface area contributed by atoms with Crippen molar-refractivity contribution in [3.8, 4) is 0 Å². The lowest BCUT2D eigenvalue weighted by atomic mass is 9.91. The van der Waals surface area contributed by atoms with Gasteiger partial charge in [-0.3, -0.25) is 0 Å². The molecule has 1 saturated heterocycles. The van der Waals surface area contributed by atoms with Gasteiger partial charge in [-0.15, -0.1) is 0 Å². The van der Waals surface area contributed by atoms with Crippen molar-refractivity contribution < 1.29 is 5.11 Å². The molecular formula is C17H28N2O. The molecule has 0 bridgehead atoms. The molecule has 0 aromatic heterocycles. The van der Waals surface area contributed by atoms with Crippen molar-refractivity contribution in [2.24, 2.45) is 5.92 Å². The first-order valence-corrected chi connectivity index (χ1v) is 7.92. The van der Waals surface area contributed by atoms with Crippen LogP contribution >= 0.6 is 0 Å². The first-order chi connectivity index (χ1) is 9.74. The molecule has 1 aromatic carbocycles. The monoisotopic (exact) mass is 276 g/mol. The molecular weight excluding hydrogens is 248 g/mol. The summed E-state index contributed by atoms with van der Waals surface area (Å²) in [5, 5.41) is 13.0. The largest absolute Gasteiger partial charge is 0.392 e. The van der Waals surface area contributed by atoms with Crippen LogP contribution < -0.4 is 5.32 Å². The number of para-hydroxylation sites is 1. The molecule has 1 aromatic rings. The van der Waals surface area contributed by atoms with Crippen LogP contribution in [0.15, 0.2) is 24.3 Å². The number of hydrogen-bond donors (Lipinski definition) is 2. The second kappa shape index (κ2) is 7.65. The van der Waals surface area contributed by atoms with Gasteiger partial charge in [-0.2, -0.15) is 0 Å². The second-order valence-corrected chi connectivity index (χ2v) is 5.95. The third-order valence-electron chi connectivity index (χ3n) is 4.36. The quantitative estimate of drug-likeness (QED) is 0.838. The number of nitrogens with one attached hydrogen (secondary N) is 1. The van der Waals surface area contributed by atoms with Crippen LogP contribution in [-0.4, -0.2) is 35.7 Å². The van der Waals surface area contributed by atoms with Crippen molar-refractivity contribution in [1.82, 2.24) is 4.90 Å². The highest BCUT2D eigenvalue weighted by molar-refractivity contribution is 5.51. The third kappa shape index (κ3) is 3.97. The van der Waals surface area contributed by atoms with E-state index >= 15 is 0 Å². The van der Waals surface area contributed by atoms with Crippen molar-refractivity contribution in [2.45, 2.75) is 45.8 Å². The van der Waals surface area contributed by atoms with Gasteiger partial charge in [0.2, 0.25) is 0 Å². The molecule has 2 N–H and O–H groups in total. The summed E-state index contributed by atoms with van der Waals surface area (Å²) in [7, 11) is 0. The van der Waals surface area contributed by atoms with Gasteiger partial charge >= 0.3 is 0 Å². The number of rotatable bonds is 6. The average Bonchev–Trinajstić information content (AvgIpc) is 2.48. The molecule has 1 aliphatic heterocycles. The lowest BCUT2D eigenvalue weighted by Gasteiger charge is -2.36. The van der Waals surface area contributed by atoms with Crippen LogP contribution in [0.25, 0.3) is 0 Å². The molecule has 20 heavy (non-hydrogen) atoms. The Labute approximate surface area is 123 Å². The number of likely N-dealkylation sites (tertiary alicyclic amines) is 1. The van der Waals surface area contributed by atoms with Crippen LogP contribution in [-0.2, 0) is 6.61 Å². The predicted molar refractivity (Wildman–Crippen MR) is 84.9 cm³/mol. The fourth-order valence-electron chi connectivity index (χ4n) is 3.18. The molecule has 3 heteroatoms. The van der Waals surface area contributed by atoms with Crippen molar-refractivity contribution in [3.05, 3.63) is 29.8 Å². The molecule has 1 heterocycles. The minimum absolute atomic E-state index is 0.0997. The van der Waals surface area contributed by atoms with Crippen LogP contribution in [0.5, 0.6) is 0 Å². The maximum absolute atomic E-state index is 9.41. The number of anilines is 1. The minimum atomic E-state index is 0.0997. The molecule has 1 fully saturated rings. The van der Waals surface area contributed by atoms with E-state index in [0.29, 0.717) is 12.0 Å². The van der Waals surface area contributed by atoms with Gasteiger partial charge in [0.1, 0.15) is 0 Å². The van der Waals surface area contributed by atoms with Crippen molar-refractivity contribution in [1.29, 1.82) is 0 Å². The van der Waals surface area contributed by atoms with Crippen molar-refractivity contribution in [2.75, 3.05) is 25.0 Å². The zero-order valence-electron chi connectivity index (χ0n) is 12.8. The topological polar surface area (TPSA) is 35.5 Å². The molecule has 2 atom stereocenters. The number of aliphatic hydroxyl groups is 1. The van der Waals surface area contributed by atoms with E-state index in [1.807, 2.05) is 18.2 Å². The maximum atomic E-state index is 9.41. The Balaban J connectivity index is 1.95. The van der Waals surface area contributed by atoms with E-state index in [1.54, 1.807) is 0 Å². The lowest BCUT2D eigenvalue weighted by Crippen LogP contribution is -2.42. The molecule has 1 aliphatic rings.